The van der Waals surface area contributed by atoms with E-state index in [-0.39, 0.29) is 5.69 Å². The second-order valence-electron chi connectivity index (χ2n) is 6.14. The lowest BCUT2D eigenvalue weighted by atomic mass is 10.1. The fourth-order valence-corrected chi connectivity index (χ4v) is 2.42. The van der Waals surface area contributed by atoms with Crippen molar-refractivity contribution in [2.75, 3.05) is 11.9 Å². The van der Waals surface area contributed by atoms with Crippen molar-refractivity contribution in [3.8, 4) is 0 Å². The van der Waals surface area contributed by atoms with Crippen molar-refractivity contribution < 1.29 is 19.2 Å². The maximum atomic E-state index is 11.9. The molecule has 0 radical (unpaired) electrons. The summed E-state index contributed by atoms with van der Waals surface area (Å²) in [6.45, 7) is 1.71. The molecule has 0 bridgehead atoms. The fourth-order valence-electron chi connectivity index (χ4n) is 2.42. The third-order valence-electron chi connectivity index (χ3n) is 3.90. The Morgan fingerprint density at radius 1 is 1.18 bits per heavy atom. The summed E-state index contributed by atoms with van der Waals surface area (Å²) in [5, 5.41) is 13.4. The molecule has 2 rings (SSSR count). The van der Waals surface area contributed by atoms with E-state index in [1.165, 1.54) is 29.8 Å². The Labute approximate surface area is 163 Å². The van der Waals surface area contributed by atoms with Crippen molar-refractivity contribution in [1.29, 1.82) is 0 Å². The van der Waals surface area contributed by atoms with Crippen molar-refractivity contribution in [2.45, 2.75) is 26.2 Å². The van der Waals surface area contributed by atoms with Gasteiger partial charge in [-0.1, -0.05) is 37.6 Å². The van der Waals surface area contributed by atoms with E-state index in [0.717, 1.165) is 25.3 Å². The van der Waals surface area contributed by atoms with Gasteiger partial charge in [0.2, 0.25) is 0 Å². The third-order valence-corrected chi connectivity index (χ3v) is 3.90. The van der Waals surface area contributed by atoms with E-state index in [9.17, 15) is 19.7 Å². The molecule has 28 heavy (non-hydrogen) atoms. The van der Waals surface area contributed by atoms with Gasteiger partial charge in [0.15, 0.2) is 6.61 Å². The summed E-state index contributed by atoms with van der Waals surface area (Å²) >= 11 is 0. The summed E-state index contributed by atoms with van der Waals surface area (Å²) in [6, 6.07) is 13.4. The predicted molar refractivity (Wildman–Crippen MR) is 107 cm³/mol. The van der Waals surface area contributed by atoms with Gasteiger partial charge in [0.05, 0.1) is 4.92 Å². The summed E-state index contributed by atoms with van der Waals surface area (Å²) in [4.78, 5) is 33.8. The lowest BCUT2D eigenvalue weighted by molar-refractivity contribution is -0.384. The number of hydrogen-bond acceptors (Lipinski definition) is 5. The molecule has 146 valence electrons. The maximum absolute atomic E-state index is 11.9. The first-order chi connectivity index (χ1) is 13.5. The van der Waals surface area contributed by atoms with Crippen LogP contribution in [0.5, 0.6) is 0 Å². The number of rotatable bonds is 9. The SMILES string of the molecule is CCCCc1ccc(NC(=O)COC(=O)/C=C/c2cccc([N+](=O)[O-])c2)cc1. The molecule has 0 aliphatic rings. The fraction of sp³-hybridized carbons (Fsp3) is 0.238. The van der Waals surface area contributed by atoms with E-state index >= 15 is 0 Å². The van der Waals surface area contributed by atoms with Gasteiger partial charge in [-0.3, -0.25) is 14.9 Å². The number of unbranched alkanes of at least 4 members (excludes halogenated alkanes) is 1. The number of anilines is 1. The van der Waals surface area contributed by atoms with Crippen molar-refractivity contribution in [3.05, 3.63) is 75.8 Å². The zero-order valence-corrected chi connectivity index (χ0v) is 15.6. The van der Waals surface area contributed by atoms with Gasteiger partial charge in [-0.05, 0) is 42.2 Å². The molecule has 0 heterocycles. The number of nitrogens with one attached hydrogen (secondary N) is 1. The highest BCUT2D eigenvalue weighted by Crippen LogP contribution is 2.14. The highest BCUT2D eigenvalue weighted by molar-refractivity contribution is 5.94. The number of hydrogen-bond donors (Lipinski definition) is 1. The van der Waals surface area contributed by atoms with Gasteiger partial charge in [0.1, 0.15) is 0 Å². The Morgan fingerprint density at radius 3 is 2.61 bits per heavy atom. The van der Waals surface area contributed by atoms with Gasteiger partial charge in [-0.25, -0.2) is 4.79 Å². The summed E-state index contributed by atoms with van der Waals surface area (Å²) in [7, 11) is 0. The molecule has 7 nitrogen and oxygen atoms in total. The summed E-state index contributed by atoms with van der Waals surface area (Å²) in [5.41, 5.74) is 2.25. The molecular formula is C21H22N2O5. The Kier molecular flexibility index (Phi) is 7.90. The van der Waals surface area contributed by atoms with Crippen LogP contribution in [0.2, 0.25) is 0 Å². The van der Waals surface area contributed by atoms with Crippen LogP contribution in [0, 0.1) is 10.1 Å². The monoisotopic (exact) mass is 382 g/mol. The highest BCUT2D eigenvalue weighted by Gasteiger charge is 2.07. The Morgan fingerprint density at radius 2 is 1.93 bits per heavy atom. The molecule has 0 spiro atoms. The van der Waals surface area contributed by atoms with Gasteiger partial charge in [0.25, 0.3) is 11.6 Å². The number of ether oxygens (including phenoxy) is 1. The quantitative estimate of drug-likeness (QED) is 0.304. The molecular weight excluding hydrogens is 360 g/mol. The van der Waals surface area contributed by atoms with Crippen LogP contribution in [0.4, 0.5) is 11.4 Å². The van der Waals surface area contributed by atoms with Crippen molar-refractivity contribution in [1.82, 2.24) is 0 Å². The van der Waals surface area contributed by atoms with Gasteiger partial charge in [0, 0.05) is 23.9 Å². The van der Waals surface area contributed by atoms with E-state index < -0.39 is 23.4 Å². The number of aryl methyl sites for hydroxylation is 1. The molecule has 0 unspecified atom stereocenters. The molecule has 1 amide bonds. The number of esters is 1. The van der Waals surface area contributed by atoms with Gasteiger partial charge >= 0.3 is 5.97 Å². The number of nitro benzene ring substituents is 1. The van der Waals surface area contributed by atoms with Gasteiger partial charge < -0.3 is 10.1 Å². The van der Waals surface area contributed by atoms with Crippen LogP contribution in [0.3, 0.4) is 0 Å². The Bertz CT molecular complexity index is 859. The second-order valence-corrected chi connectivity index (χ2v) is 6.14. The Balaban J connectivity index is 1.79. The third kappa shape index (κ3) is 7.03. The maximum Gasteiger partial charge on any atom is 0.331 e. The first-order valence-corrected chi connectivity index (χ1v) is 8.96. The van der Waals surface area contributed by atoms with Crippen LogP contribution in [0.1, 0.15) is 30.9 Å². The molecule has 2 aromatic carbocycles. The first-order valence-electron chi connectivity index (χ1n) is 8.96. The van der Waals surface area contributed by atoms with Crippen molar-refractivity contribution >= 4 is 29.3 Å². The van der Waals surface area contributed by atoms with Gasteiger partial charge in [-0.2, -0.15) is 0 Å². The van der Waals surface area contributed by atoms with E-state index in [2.05, 4.69) is 12.2 Å². The number of carbonyl (C=O) groups is 2. The lowest BCUT2D eigenvalue weighted by Gasteiger charge is -2.06. The zero-order valence-electron chi connectivity index (χ0n) is 15.6. The number of nitrogens with zero attached hydrogens (tertiary/aromatic N) is 1. The van der Waals surface area contributed by atoms with Crippen LogP contribution in [0.25, 0.3) is 6.08 Å². The standard InChI is InChI=1S/C21H22N2O5/c1-2-3-5-16-8-11-18(12-9-16)22-20(24)15-28-21(25)13-10-17-6-4-7-19(14-17)23(26)27/h4,6-14H,2-3,5,15H2,1H3,(H,22,24)/b13-10+. The lowest BCUT2D eigenvalue weighted by Crippen LogP contribution is -2.20. The van der Waals surface area contributed by atoms with Crippen LogP contribution in [0.15, 0.2) is 54.6 Å². The van der Waals surface area contributed by atoms with Crippen LogP contribution in [-0.2, 0) is 20.7 Å². The van der Waals surface area contributed by atoms with Crippen LogP contribution in [-0.4, -0.2) is 23.4 Å². The van der Waals surface area contributed by atoms with E-state index in [0.29, 0.717) is 11.3 Å². The molecule has 0 fully saturated rings. The predicted octanol–water partition coefficient (Wildman–Crippen LogP) is 4.13. The highest BCUT2D eigenvalue weighted by atomic mass is 16.6. The normalized spacial score (nSPS) is 10.6. The number of nitro groups is 1. The van der Waals surface area contributed by atoms with Gasteiger partial charge in [-0.15, -0.1) is 0 Å². The molecule has 0 atom stereocenters. The first kappa shape index (κ1) is 20.8. The molecule has 7 heteroatoms. The van der Waals surface area contributed by atoms with Crippen LogP contribution >= 0.6 is 0 Å². The minimum Gasteiger partial charge on any atom is -0.452 e. The molecule has 0 saturated carbocycles. The van der Waals surface area contributed by atoms with Crippen molar-refractivity contribution in [3.63, 3.8) is 0 Å². The smallest absolute Gasteiger partial charge is 0.331 e. The average molecular weight is 382 g/mol. The minimum atomic E-state index is -0.712. The van der Waals surface area contributed by atoms with E-state index in [1.807, 2.05) is 24.3 Å². The molecule has 0 aliphatic carbocycles. The van der Waals surface area contributed by atoms with Crippen molar-refractivity contribution in [2.24, 2.45) is 0 Å². The molecule has 2 aromatic rings. The largest absolute Gasteiger partial charge is 0.452 e. The summed E-state index contributed by atoms with van der Waals surface area (Å²) < 4.78 is 4.88. The second kappa shape index (κ2) is 10.6. The molecule has 0 aliphatic heterocycles. The van der Waals surface area contributed by atoms with Crippen LogP contribution < -0.4 is 5.32 Å². The number of amides is 1. The average Bonchev–Trinajstić information content (AvgIpc) is 2.70. The summed E-state index contributed by atoms with van der Waals surface area (Å²) in [6.07, 6.45) is 5.75. The number of carbonyl (C=O) groups excluding carboxylic acids is 2. The minimum absolute atomic E-state index is 0.0735. The Hall–Kier alpha value is -3.48. The number of benzene rings is 2. The molecule has 0 saturated heterocycles. The molecule has 1 N–H and O–H groups in total. The topological polar surface area (TPSA) is 98.5 Å². The number of non-ortho nitro benzene ring substituents is 1. The molecule has 0 aromatic heterocycles. The van der Waals surface area contributed by atoms with E-state index in [4.69, 9.17) is 4.74 Å². The van der Waals surface area contributed by atoms with E-state index in [1.54, 1.807) is 6.07 Å². The summed E-state index contributed by atoms with van der Waals surface area (Å²) in [5.74, 6) is -1.16. The zero-order chi connectivity index (χ0) is 20.4.